The largest absolute Gasteiger partial charge is 0.452 e. The molecule has 0 saturated carbocycles. The van der Waals surface area contributed by atoms with E-state index in [0.717, 1.165) is 5.56 Å². The molecular formula is C22H19FN2O4S. The van der Waals surface area contributed by atoms with Gasteiger partial charge in [0, 0.05) is 6.54 Å². The third kappa shape index (κ3) is 5.99. The predicted molar refractivity (Wildman–Crippen MR) is 112 cm³/mol. The first-order chi connectivity index (χ1) is 14.5. The lowest BCUT2D eigenvalue weighted by atomic mass is 10.1. The van der Waals surface area contributed by atoms with E-state index >= 15 is 0 Å². The minimum Gasteiger partial charge on any atom is -0.452 e. The summed E-state index contributed by atoms with van der Waals surface area (Å²) < 4.78 is 18.0. The van der Waals surface area contributed by atoms with Crippen LogP contribution in [0.3, 0.4) is 0 Å². The fourth-order valence-electron chi connectivity index (χ4n) is 2.62. The number of anilines is 1. The Labute approximate surface area is 176 Å². The molecule has 0 atom stereocenters. The predicted octanol–water partition coefficient (Wildman–Crippen LogP) is 3.66. The highest BCUT2D eigenvalue weighted by Gasteiger charge is 2.16. The van der Waals surface area contributed by atoms with Gasteiger partial charge in [-0.25, -0.2) is 9.18 Å². The Kier molecular flexibility index (Phi) is 7.29. The molecule has 2 aromatic carbocycles. The Hall–Kier alpha value is -3.52. The second-order valence-corrected chi connectivity index (χ2v) is 7.23. The summed E-state index contributed by atoms with van der Waals surface area (Å²) in [5, 5.41) is 7.10. The summed E-state index contributed by atoms with van der Waals surface area (Å²) >= 11 is 1.29. The van der Waals surface area contributed by atoms with Gasteiger partial charge in [0.25, 0.3) is 11.8 Å². The zero-order valence-electron chi connectivity index (χ0n) is 15.9. The van der Waals surface area contributed by atoms with Crippen molar-refractivity contribution in [2.45, 2.75) is 6.42 Å². The quantitative estimate of drug-likeness (QED) is 0.539. The number of carbonyl (C=O) groups excluding carboxylic acids is 3. The lowest BCUT2D eigenvalue weighted by Gasteiger charge is -2.11. The molecule has 0 aliphatic rings. The number of benzene rings is 2. The van der Waals surface area contributed by atoms with Crippen molar-refractivity contribution in [1.29, 1.82) is 0 Å². The molecule has 0 spiro atoms. The first-order valence-electron chi connectivity index (χ1n) is 9.15. The standard InChI is InChI=1S/C22H19FN2O4S/c23-16-9-7-15(8-10-16)11-12-24-20(26)14-29-22(28)17-4-1-2-5-18(17)25-21(27)19-6-3-13-30-19/h1-10,13H,11-12,14H2,(H,24,26)(H,25,27). The molecular weight excluding hydrogens is 407 g/mol. The monoisotopic (exact) mass is 426 g/mol. The van der Waals surface area contributed by atoms with Crippen LogP contribution >= 0.6 is 11.3 Å². The smallest absolute Gasteiger partial charge is 0.340 e. The minimum absolute atomic E-state index is 0.154. The summed E-state index contributed by atoms with van der Waals surface area (Å²) in [6, 6.07) is 15.9. The van der Waals surface area contributed by atoms with Crippen LogP contribution in [0.2, 0.25) is 0 Å². The maximum absolute atomic E-state index is 12.9. The molecule has 1 aromatic heterocycles. The molecule has 0 saturated heterocycles. The zero-order valence-corrected chi connectivity index (χ0v) is 16.7. The highest BCUT2D eigenvalue weighted by Crippen LogP contribution is 2.18. The van der Waals surface area contributed by atoms with Crippen LogP contribution in [-0.4, -0.2) is 30.9 Å². The van der Waals surface area contributed by atoms with E-state index in [-0.39, 0.29) is 17.3 Å². The molecule has 3 aromatic rings. The fourth-order valence-corrected chi connectivity index (χ4v) is 3.24. The van der Waals surface area contributed by atoms with E-state index in [1.165, 1.54) is 29.5 Å². The molecule has 2 N–H and O–H groups in total. The molecule has 154 valence electrons. The van der Waals surface area contributed by atoms with Crippen molar-refractivity contribution in [2.75, 3.05) is 18.5 Å². The number of hydrogen-bond donors (Lipinski definition) is 2. The minimum atomic E-state index is -0.717. The molecule has 1 heterocycles. The summed E-state index contributed by atoms with van der Waals surface area (Å²) in [6.45, 7) is -0.120. The average Bonchev–Trinajstić information content (AvgIpc) is 3.29. The van der Waals surface area contributed by atoms with E-state index in [2.05, 4.69) is 10.6 Å². The second kappa shape index (κ2) is 10.3. The van der Waals surface area contributed by atoms with Gasteiger partial charge in [-0.3, -0.25) is 9.59 Å². The number of nitrogens with one attached hydrogen (secondary N) is 2. The summed E-state index contributed by atoms with van der Waals surface area (Å²) in [7, 11) is 0. The van der Waals surface area contributed by atoms with Gasteiger partial charge in [-0.05, 0) is 47.7 Å². The normalized spacial score (nSPS) is 10.3. The highest BCUT2D eigenvalue weighted by molar-refractivity contribution is 7.12. The molecule has 6 nitrogen and oxygen atoms in total. The number of carbonyl (C=O) groups is 3. The SMILES string of the molecule is O=C(COC(=O)c1ccccc1NC(=O)c1cccs1)NCCc1ccc(F)cc1. The van der Waals surface area contributed by atoms with Gasteiger partial charge >= 0.3 is 5.97 Å². The third-order valence-corrected chi connectivity index (χ3v) is 4.99. The van der Waals surface area contributed by atoms with E-state index in [1.54, 1.807) is 47.8 Å². The molecule has 2 amide bonds. The molecule has 3 rings (SSSR count). The summed E-state index contributed by atoms with van der Waals surface area (Å²) in [4.78, 5) is 37.0. The summed E-state index contributed by atoms with van der Waals surface area (Å²) in [5.41, 5.74) is 1.34. The zero-order chi connectivity index (χ0) is 21.3. The van der Waals surface area contributed by atoms with E-state index < -0.39 is 18.5 Å². The first-order valence-corrected chi connectivity index (χ1v) is 10.0. The van der Waals surface area contributed by atoms with Crippen molar-refractivity contribution in [2.24, 2.45) is 0 Å². The van der Waals surface area contributed by atoms with Gasteiger partial charge in [-0.2, -0.15) is 0 Å². The molecule has 0 unspecified atom stereocenters. The van der Waals surface area contributed by atoms with E-state index in [1.807, 2.05) is 0 Å². The van der Waals surface area contributed by atoms with Gasteiger partial charge < -0.3 is 15.4 Å². The van der Waals surface area contributed by atoms with Crippen LogP contribution in [-0.2, 0) is 16.0 Å². The van der Waals surface area contributed by atoms with Crippen LogP contribution in [0.25, 0.3) is 0 Å². The lowest BCUT2D eigenvalue weighted by Crippen LogP contribution is -2.30. The Morgan fingerprint density at radius 2 is 1.73 bits per heavy atom. The lowest BCUT2D eigenvalue weighted by molar-refractivity contribution is -0.124. The van der Waals surface area contributed by atoms with Crippen molar-refractivity contribution >= 4 is 34.8 Å². The number of halogens is 1. The van der Waals surface area contributed by atoms with Crippen molar-refractivity contribution in [3.63, 3.8) is 0 Å². The molecule has 0 aliphatic carbocycles. The van der Waals surface area contributed by atoms with E-state index in [0.29, 0.717) is 23.5 Å². The number of esters is 1. The van der Waals surface area contributed by atoms with Crippen LogP contribution < -0.4 is 10.6 Å². The number of rotatable bonds is 8. The Morgan fingerprint density at radius 1 is 0.967 bits per heavy atom. The van der Waals surface area contributed by atoms with Crippen LogP contribution in [0.15, 0.2) is 66.0 Å². The van der Waals surface area contributed by atoms with Gasteiger partial charge in [0.2, 0.25) is 0 Å². The first kappa shape index (κ1) is 21.2. The Balaban J connectivity index is 1.49. The van der Waals surface area contributed by atoms with Gasteiger partial charge in [-0.15, -0.1) is 11.3 Å². The number of amides is 2. The van der Waals surface area contributed by atoms with Gasteiger partial charge in [-0.1, -0.05) is 30.3 Å². The van der Waals surface area contributed by atoms with Crippen molar-refractivity contribution < 1.29 is 23.5 Å². The molecule has 0 aliphatic heterocycles. The van der Waals surface area contributed by atoms with Crippen LogP contribution in [0.4, 0.5) is 10.1 Å². The van der Waals surface area contributed by atoms with Gasteiger partial charge in [0.15, 0.2) is 6.61 Å². The Morgan fingerprint density at radius 3 is 2.47 bits per heavy atom. The van der Waals surface area contributed by atoms with E-state index in [9.17, 15) is 18.8 Å². The topological polar surface area (TPSA) is 84.5 Å². The second-order valence-electron chi connectivity index (χ2n) is 6.28. The summed E-state index contributed by atoms with van der Waals surface area (Å²) in [5.74, 6) is -1.82. The van der Waals surface area contributed by atoms with Crippen molar-refractivity contribution in [3.05, 3.63) is 87.9 Å². The molecule has 0 radical (unpaired) electrons. The number of ether oxygens (including phenoxy) is 1. The van der Waals surface area contributed by atoms with Crippen LogP contribution in [0.1, 0.15) is 25.6 Å². The maximum Gasteiger partial charge on any atom is 0.340 e. The number of thiophene rings is 1. The van der Waals surface area contributed by atoms with E-state index in [4.69, 9.17) is 4.74 Å². The fraction of sp³-hybridized carbons (Fsp3) is 0.136. The number of hydrogen-bond acceptors (Lipinski definition) is 5. The van der Waals surface area contributed by atoms with Gasteiger partial charge in [0.05, 0.1) is 16.1 Å². The van der Waals surface area contributed by atoms with Gasteiger partial charge in [0.1, 0.15) is 5.82 Å². The van der Waals surface area contributed by atoms with Crippen LogP contribution in [0.5, 0.6) is 0 Å². The Bertz CT molecular complexity index is 1020. The average molecular weight is 426 g/mol. The number of para-hydroxylation sites is 1. The van der Waals surface area contributed by atoms with Crippen molar-refractivity contribution in [1.82, 2.24) is 5.32 Å². The molecule has 30 heavy (non-hydrogen) atoms. The summed E-state index contributed by atoms with van der Waals surface area (Å²) in [6.07, 6.45) is 0.525. The molecule has 0 bridgehead atoms. The maximum atomic E-state index is 12.9. The van der Waals surface area contributed by atoms with Crippen molar-refractivity contribution in [3.8, 4) is 0 Å². The molecule has 0 fully saturated rings. The molecule has 8 heteroatoms. The van der Waals surface area contributed by atoms with Crippen LogP contribution in [0, 0.1) is 5.82 Å². The third-order valence-electron chi connectivity index (χ3n) is 4.12. The highest BCUT2D eigenvalue weighted by atomic mass is 32.1.